The average molecular weight is 514 g/mol. The second-order valence-electron chi connectivity index (χ2n) is 9.34. The second-order valence-corrected chi connectivity index (χ2v) is 9.34. The van der Waals surface area contributed by atoms with Crippen LogP contribution in [-0.2, 0) is 9.47 Å². The Labute approximate surface area is 211 Å². The molecule has 1 aromatic heterocycles. The van der Waals surface area contributed by atoms with Crippen molar-refractivity contribution >= 4 is 22.7 Å². The number of anilines is 1. The standard InChI is InChI=1S/C27H26F3N3O4/c1-16(27(28,29)30)36-26(34)32-18-4-2-17(3-5-18)25-23(15-31)22-9-8-21(37-20-10-12-35-13-11-20)14-24(22)33(25)19-6-7-19/h2-5,8-9,14,16,19-20H,6-7,10-13H2,1H3,(H,32,34)/t16-/m1/s1. The first-order valence-electron chi connectivity index (χ1n) is 12.2. The lowest BCUT2D eigenvalue weighted by Gasteiger charge is -2.23. The maximum atomic E-state index is 12.7. The minimum atomic E-state index is -4.64. The topological polar surface area (TPSA) is 85.5 Å². The molecule has 194 valence electrons. The van der Waals surface area contributed by atoms with E-state index in [1.807, 2.05) is 18.2 Å². The molecular weight excluding hydrogens is 487 g/mol. The maximum absolute atomic E-state index is 12.7. The number of carbonyl (C=O) groups excluding carboxylic acids is 1. The summed E-state index contributed by atoms with van der Waals surface area (Å²) < 4.78 is 56.1. The van der Waals surface area contributed by atoms with Gasteiger partial charge in [0.25, 0.3) is 0 Å². The highest BCUT2D eigenvalue weighted by Gasteiger charge is 2.39. The third kappa shape index (κ3) is 5.37. The van der Waals surface area contributed by atoms with Gasteiger partial charge in [0.05, 0.1) is 30.0 Å². The number of benzene rings is 2. The summed E-state index contributed by atoms with van der Waals surface area (Å²) in [6.07, 6.45) is -4.31. The van der Waals surface area contributed by atoms with Crippen LogP contribution < -0.4 is 10.1 Å². The number of nitriles is 1. The molecular formula is C27H26F3N3O4. The van der Waals surface area contributed by atoms with Crippen molar-refractivity contribution in [3.8, 4) is 23.1 Å². The molecule has 37 heavy (non-hydrogen) atoms. The molecule has 1 N–H and O–H groups in total. The van der Waals surface area contributed by atoms with E-state index in [4.69, 9.17) is 9.47 Å². The Bertz CT molecular complexity index is 1330. The van der Waals surface area contributed by atoms with E-state index in [2.05, 4.69) is 20.7 Å². The molecule has 1 aliphatic heterocycles. The van der Waals surface area contributed by atoms with Crippen LogP contribution in [-0.4, -0.2) is 42.3 Å². The molecule has 1 saturated heterocycles. The van der Waals surface area contributed by atoms with Crippen LogP contribution in [0.25, 0.3) is 22.2 Å². The Kier molecular flexibility index (Phi) is 6.73. The van der Waals surface area contributed by atoms with E-state index in [-0.39, 0.29) is 17.8 Å². The molecule has 1 saturated carbocycles. The number of nitrogens with zero attached hydrogens (tertiary/aromatic N) is 2. The van der Waals surface area contributed by atoms with Crippen LogP contribution in [0.4, 0.5) is 23.7 Å². The Morgan fingerprint density at radius 3 is 2.46 bits per heavy atom. The second kappa shape index (κ2) is 9.98. The number of rotatable bonds is 6. The average Bonchev–Trinajstić information content (AvgIpc) is 3.65. The zero-order valence-electron chi connectivity index (χ0n) is 20.2. The van der Waals surface area contributed by atoms with Gasteiger partial charge in [-0.15, -0.1) is 0 Å². The molecule has 1 aliphatic carbocycles. The first-order chi connectivity index (χ1) is 17.7. The van der Waals surface area contributed by atoms with E-state index in [0.717, 1.165) is 60.5 Å². The lowest BCUT2D eigenvalue weighted by molar-refractivity contribution is -0.196. The predicted molar refractivity (Wildman–Crippen MR) is 130 cm³/mol. The van der Waals surface area contributed by atoms with Crippen molar-refractivity contribution in [2.75, 3.05) is 18.5 Å². The van der Waals surface area contributed by atoms with Gasteiger partial charge in [-0.25, -0.2) is 4.79 Å². The number of hydrogen-bond donors (Lipinski definition) is 1. The van der Waals surface area contributed by atoms with Crippen LogP contribution in [0.1, 0.15) is 44.2 Å². The summed E-state index contributed by atoms with van der Waals surface area (Å²) in [7, 11) is 0. The monoisotopic (exact) mass is 513 g/mol. The molecule has 2 fully saturated rings. The number of carbonyl (C=O) groups is 1. The molecule has 1 atom stereocenters. The normalized spacial score (nSPS) is 17.3. The van der Waals surface area contributed by atoms with Crippen molar-refractivity contribution in [3.05, 3.63) is 48.0 Å². The molecule has 0 unspecified atom stereocenters. The van der Waals surface area contributed by atoms with E-state index in [1.165, 1.54) is 0 Å². The maximum Gasteiger partial charge on any atom is 0.425 e. The summed E-state index contributed by atoms with van der Waals surface area (Å²) in [5.74, 6) is 0.751. The zero-order valence-corrected chi connectivity index (χ0v) is 20.2. The molecule has 2 aliphatic rings. The fourth-order valence-electron chi connectivity index (χ4n) is 4.54. The van der Waals surface area contributed by atoms with E-state index < -0.39 is 18.4 Å². The first kappa shape index (κ1) is 25.0. The summed E-state index contributed by atoms with van der Waals surface area (Å²) in [5.41, 5.74) is 3.27. The Morgan fingerprint density at radius 2 is 1.84 bits per heavy atom. The number of aromatic nitrogens is 1. The predicted octanol–water partition coefficient (Wildman–Crippen LogP) is 6.57. The van der Waals surface area contributed by atoms with Gasteiger partial charge in [0.15, 0.2) is 6.10 Å². The highest BCUT2D eigenvalue weighted by atomic mass is 19.4. The summed E-state index contributed by atoms with van der Waals surface area (Å²) in [6, 6.07) is 15.0. The van der Waals surface area contributed by atoms with Crippen molar-refractivity contribution in [2.24, 2.45) is 0 Å². The molecule has 5 rings (SSSR count). The van der Waals surface area contributed by atoms with Gasteiger partial charge in [-0.2, -0.15) is 18.4 Å². The smallest absolute Gasteiger partial charge is 0.425 e. The number of halogens is 3. The molecule has 10 heteroatoms. The van der Waals surface area contributed by atoms with Crippen molar-refractivity contribution in [1.29, 1.82) is 5.26 Å². The number of ether oxygens (including phenoxy) is 3. The van der Waals surface area contributed by atoms with Gasteiger partial charge in [-0.1, -0.05) is 12.1 Å². The van der Waals surface area contributed by atoms with Gasteiger partial charge >= 0.3 is 12.3 Å². The van der Waals surface area contributed by atoms with Gasteiger partial charge in [0, 0.05) is 36.0 Å². The summed E-state index contributed by atoms with van der Waals surface area (Å²) >= 11 is 0. The van der Waals surface area contributed by atoms with Crippen LogP contribution in [0.2, 0.25) is 0 Å². The third-order valence-corrected chi connectivity index (χ3v) is 6.62. The van der Waals surface area contributed by atoms with Gasteiger partial charge < -0.3 is 18.8 Å². The highest BCUT2D eigenvalue weighted by Crippen LogP contribution is 2.45. The molecule has 1 amide bonds. The van der Waals surface area contributed by atoms with Crippen LogP contribution in [0.3, 0.4) is 0 Å². The van der Waals surface area contributed by atoms with Crippen LogP contribution >= 0.6 is 0 Å². The van der Waals surface area contributed by atoms with Crippen molar-refractivity contribution in [1.82, 2.24) is 4.57 Å². The lowest BCUT2D eigenvalue weighted by Crippen LogP contribution is -2.32. The van der Waals surface area contributed by atoms with Crippen molar-refractivity contribution in [3.63, 3.8) is 0 Å². The van der Waals surface area contributed by atoms with Gasteiger partial charge in [0.2, 0.25) is 0 Å². The summed E-state index contributed by atoms with van der Waals surface area (Å²) in [4.78, 5) is 11.9. The van der Waals surface area contributed by atoms with Crippen LogP contribution in [0.15, 0.2) is 42.5 Å². The Morgan fingerprint density at radius 1 is 1.14 bits per heavy atom. The Balaban J connectivity index is 1.43. The molecule has 7 nitrogen and oxygen atoms in total. The Hall–Kier alpha value is -3.71. The molecule has 0 radical (unpaired) electrons. The van der Waals surface area contributed by atoms with E-state index >= 15 is 0 Å². The largest absolute Gasteiger partial charge is 0.490 e. The quantitative estimate of drug-likeness (QED) is 0.403. The minimum absolute atomic E-state index is 0.0938. The molecule has 2 aromatic carbocycles. The number of amides is 1. The van der Waals surface area contributed by atoms with E-state index in [1.54, 1.807) is 24.3 Å². The fraction of sp³-hybridized carbons (Fsp3) is 0.407. The van der Waals surface area contributed by atoms with E-state index in [9.17, 15) is 23.2 Å². The van der Waals surface area contributed by atoms with Crippen molar-refractivity contribution < 1.29 is 32.2 Å². The SMILES string of the molecule is C[C@@H](OC(=O)Nc1ccc(-c2c(C#N)c3ccc(OC4CCOCC4)cc3n2C2CC2)cc1)C(F)(F)F. The number of fused-ring (bicyclic) bond motifs is 1. The van der Waals surface area contributed by atoms with Crippen molar-refractivity contribution in [2.45, 2.75) is 57.0 Å². The number of hydrogen-bond acceptors (Lipinski definition) is 5. The third-order valence-electron chi connectivity index (χ3n) is 6.62. The summed E-state index contributed by atoms with van der Waals surface area (Å²) in [5, 5.41) is 13.2. The molecule has 0 spiro atoms. The lowest BCUT2D eigenvalue weighted by atomic mass is 10.1. The van der Waals surface area contributed by atoms with Gasteiger partial charge in [-0.05, 0) is 49.6 Å². The van der Waals surface area contributed by atoms with Crippen LogP contribution in [0.5, 0.6) is 5.75 Å². The zero-order chi connectivity index (χ0) is 26.2. The van der Waals surface area contributed by atoms with Gasteiger partial charge in [-0.3, -0.25) is 5.32 Å². The van der Waals surface area contributed by atoms with E-state index in [0.29, 0.717) is 18.8 Å². The molecule has 0 bridgehead atoms. The van der Waals surface area contributed by atoms with Gasteiger partial charge in [0.1, 0.15) is 17.9 Å². The minimum Gasteiger partial charge on any atom is -0.490 e. The first-order valence-corrected chi connectivity index (χ1v) is 12.2. The molecule has 3 aromatic rings. The number of alkyl halides is 3. The fourth-order valence-corrected chi connectivity index (χ4v) is 4.54. The summed E-state index contributed by atoms with van der Waals surface area (Å²) in [6.45, 7) is 2.12. The molecule has 2 heterocycles. The highest BCUT2D eigenvalue weighted by molar-refractivity contribution is 5.96. The van der Waals surface area contributed by atoms with Crippen LogP contribution in [0, 0.1) is 11.3 Å². The number of nitrogens with one attached hydrogen (secondary N) is 1.